The van der Waals surface area contributed by atoms with Gasteiger partial charge in [-0.15, -0.1) is 0 Å². The number of halogens is 3. The van der Waals surface area contributed by atoms with Gasteiger partial charge in [0, 0.05) is 12.3 Å². The molecule has 0 N–H and O–H groups in total. The molecule has 0 radical (unpaired) electrons. The predicted molar refractivity (Wildman–Crippen MR) is 90.2 cm³/mol. The lowest BCUT2D eigenvalue weighted by Gasteiger charge is -2.08. The Morgan fingerprint density at radius 1 is 1.12 bits per heavy atom. The van der Waals surface area contributed by atoms with E-state index in [0.29, 0.717) is 5.75 Å². The van der Waals surface area contributed by atoms with E-state index in [1.54, 1.807) is 30.5 Å². The molecule has 2 aromatic carbocycles. The van der Waals surface area contributed by atoms with Crippen molar-refractivity contribution in [3.8, 4) is 5.75 Å². The summed E-state index contributed by atoms with van der Waals surface area (Å²) in [5, 5.41) is 0. The number of aliphatic imine (C=N–C) groups is 1. The minimum atomic E-state index is -4.44. The van der Waals surface area contributed by atoms with Gasteiger partial charge in [0.15, 0.2) is 0 Å². The molecule has 1 atom stereocenters. The number of nitrogens with zero attached hydrogens (tertiary/aromatic N) is 1. The quantitative estimate of drug-likeness (QED) is 0.426. The van der Waals surface area contributed by atoms with E-state index in [2.05, 4.69) is 4.99 Å². The zero-order chi connectivity index (χ0) is 18.4. The van der Waals surface area contributed by atoms with Gasteiger partial charge in [0.25, 0.3) is 0 Å². The number of carbonyl (C=O) groups is 1. The molecule has 132 valence electrons. The van der Waals surface area contributed by atoms with E-state index in [1.165, 1.54) is 0 Å². The predicted octanol–water partition coefficient (Wildman–Crippen LogP) is 5.14. The Hall–Kier alpha value is -2.63. The molecule has 0 aliphatic heterocycles. The van der Waals surface area contributed by atoms with Crippen LogP contribution in [0.2, 0.25) is 0 Å². The number of esters is 1. The van der Waals surface area contributed by atoms with Crippen LogP contribution in [0.25, 0.3) is 0 Å². The van der Waals surface area contributed by atoms with E-state index in [9.17, 15) is 18.0 Å². The van der Waals surface area contributed by atoms with Crippen LogP contribution in [0.15, 0.2) is 53.5 Å². The average molecular weight is 349 g/mol. The van der Waals surface area contributed by atoms with Crippen molar-refractivity contribution in [2.75, 3.05) is 0 Å². The van der Waals surface area contributed by atoms with Gasteiger partial charge in [-0.3, -0.25) is 4.99 Å². The van der Waals surface area contributed by atoms with Crippen molar-refractivity contribution in [3.05, 3.63) is 65.2 Å². The van der Waals surface area contributed by atoms with Crippen LogP contribution in [-0.2, 0) is 6.18 Å². The van der Waals surface area contributed by atoms with Crippen molar-refractivity contribution in [1.82, 2.24) is 0 Å². The Balaban J connectivity index is 2.02. The fourth-order valence-corrected chi connectivity index (χ4v) is 1.90. The summed E-state index contributed by atoms with van der Waals surface area (Å²) in [6.07, 6.45) is -1.75. The molecular formula is C19H18F3NO2. The van der Waals surface area contributed by atoms with Crippen LogP contribution in [0.5, 0.6) is 5.75 Å². The molecule has 1 unspecified atom stereocenters. The highest BCUT2D eigenvalue weighted by Crippen LogP contribution is 2.29. The molecule has 0 fully saturated rings. The number of hydrogen-bond acceptors (Lipinski definition) is 3. The van der Waals surface area contributed by atoms with Crippen LogP contribution in [0.1, 0.15) is 41.8 Å². The Morgan fingerprint density at radius 2 is 1.72 bits per heavy atom. The molecular weight excluding hydrogens is 331 g/mol. The standard InChI is InChI=1S/C19H18F3NO2/c1-3-13(2)23-12-14-4-10-17(11-5-14)25-18(24)15-6-8-16(9-7-15)19(20,21)22/h4-13H,3H2,1-2H3. The first kappa shape index (κ1) is 18.7. The average Bonchev–Trinajstić information content (AvgIpc) is 2.60. The van der Waals surface area contributed by atoms with Crippen molar-refractivity contribution in [1.29, 1.82) is 0 Å². The van der Waals surface area contributed by atoms with Crippen molar-refractivity contribution in [2.45, 2.75) is 32.5 Å². The maximum Gasteiger partial charge on any atom is 0.416 e. The highest BCUT2D eigenvalue weighted by atomic mass is 19.4. The number of rotatable bonds is 5. The fourth-order valence-electron chi connectivity index (χ4n) is 1.90. The monoisotopic (exact) mass is 349 g/mol. The molecule has 0 aromatic heterocycles. The normalized spacial score (nSPS) is 13.0. The van der Waals surface area contributed by atoms with E-state index >= 15 is 0 Å². The SMILES string of the molecule is CCC(C)N=Cc1ccc(OC(=O)c2ccc(C(F)(F)F)cc2)cc1. The molecule has 25 heavy (non-hydrogen) atoms. The number of ether oxygens (including phenoxy) is 1. The summed E-state index contributed by atoms with van der Waals surface area (Å²) >= 11 is 0. The Bertz CT molecular complexity index is 735. The summed E-state index contributed by atoms with van der Waals surface area (Å²) < 4.78 is 42.7. The third kappa shape index (κ3) is 5.45. The highest BCUT2D eigenvalue weighted by molar-refractivity contribution is 5.91. The second-order valence-corrected chi connectivity index (χ2v) is 5.57. The molecule has 2 rings (SSSR count). The van der Waals surface area contributed by atoms with E-state index in [-0.39, 0.29) is 11.6 Å². The van der Waals surface area contributed by atoms with Gasteiger partial charge < -0.3 is 4.74 Å². The lowest BCUT2D eigenvalue weighted by molar-refractivity contribution is -0.137. The lowest BCUT2D eigenvalue weighted by atomic mass is 10.1. The maximum atomic E-state index is 12.5. The Morgan fingerprint density at radius 3 is 2.24 bits per heavy atom. The van der Waals surface area contributed by atoms with Gasteiger partial charge in [-0.2, -0.15) is 13.2 Å². The zero-order valence-electron chi connectivity index (χ0n) is 13.9. The fraction of sp³-hybridized carbons (Fsp3) is 0.263. The third-order valence-electron chi connectivity index (χ3n) is 3.61. The summed E-state index contributed by atoms with van der Waals surface area (Å²) in [5.41, 5.74) is 0.110. The first-order valence-electron chi connectivity index (χ1n) is 7.82. The second kappa shape index (κ2) is 7.96. The van der Waals surface area contributed by atoms with Crippen LogP contribution >= 0.6 is 0 Å². The number of alkyl halides is 3. The molecule has 2 aromatic rings. The van der Waals surface area contributed by atoms with Crippen LogP contribution in [0.4, 0.5) is 13.2 Å². The van der Waals surface area contributed by atoms with Gasteiger partial charge in [-0.05, 0) is 67.4 Å². The Labute approximate surface area is 144 Å². The summed E-state index contributed by atoms with van der Waals surface area (Å²) in [5.74, 6) is -0.402. The molecule has 0 bridgehead atoms. The first-order valence-corrected chi connectivity index (χ1v) is 7.82. The smallest absolute Gasteiger partial charge is 0.416 e. The lowest BCUT2D eigenvalue weighted by Crippen LogP contribution is -2.10. The minimum absolute atomic E-state index is 0.0513. The van der Waals surface area contributed by atoms with Gasteiger partial charge in [-0.25, -0.2) is 4.79 Å². The molecule has 0 saturated carbocycles. The second-order valence-electron chi connectivity index (χ2n) is 5.57. The van der Waals surface area contributed by atoms with Crippen molar-refractivity contribution < 1.29 is 22.7 Å². The maximum absolute atomic E-state index is 12.5. The van der Waals surface area contributed by atoms with Gasteiger partial charge in [0.1, 0.15) is 5.75 Å². The molecule has 0 aliphatic carbocycles. The van der Waals surface area contributed by atoms with Crippen LogP contribution in [-0.4, -0.2) is 18.2 Å². The molecule has 0 heterocycles. The highest BCUT2D eigenvalue weighted by Gasteiger charge is 2.30. The van der Waals surface area contributed by atoms with E-state index in [1.807, 2.05) is 13.8 Å². The zero-order valence-corrected chi connectivity index (χ0v) is 13.9. The first-order chi connectivity index (χ1) is 11.8. The Kier molecular flexibility index (Phi) is 5.96. The largest absolute Gasteiger partial charge is 0.423 e. The summed E-state index contributed by atoms with van der Waals surface area (Å²) in [6, 6.07) is 10.9. The van der Waals surface area contributed by atoms with Crippen LogP contribution < -0.4 is 4.74 Å². The van der Waals surface area contributed by atoms with Crippen LogP contribution in [0.3, 0.4) is 0 Å². The topological polar surface area (TPSA) is 38.7 Å². The number of carbonyl (C=O) groups excluding carboxylic acids is 1. The summed E-state index contributed by atoms with van der Waals surface area (Å²) in [7, 11) is 0. The molecule has 6 heteroatoms. The van der Waals surface area contributed by atoms with Gasteiger partial charge in [0.05, 0.1) is 11.1 Å². The van der Waals surface area contributed by atoms with E-state index in [0.717, 1.165) is 36.2 Å². The van der Waals surface area contributed by atoms with Crippen molar-refractivity contribution in [2.24, 2.45) is 4.99 Å². The molecule has 0 saturated heterocycles. The molecule has 0 aliphatic rings. The van der Waals surface area contributed by atoms with Crippen LogP contribution in [0, 0.1) is 0 Å². The molecule has 0 spiro atoms. The van der Waals surface area contributed by atoms with E-state index < -0.39 is 17.7 Å². The summed E-state index contributed by atoms with van der Waals surface area (Å²) in [4.78, 5) is 16.3. The van der Waals surface area contributed by atoms with Gasteiger partial charge in [-0.1, -0.05) is 6.92 Å². The molecule has 0 amide bonds. The van der Waals surface area contributed by atoms with Crippen molar-refractivity contribution in [3.63, 3.8) is 0 Å². The van der Waals surface area contributed by atoms with Crippen molar-refractivity contribution >= 4 is 12.2 Å². The number of benzene rings is 2. The van der Waals surface area contributed by atoms with E-state index in [4.69, 9.17) is 4.74 Å². The summed E-state index contributed by atoms with van der Waals surface area (Å²) in [6.45, 7) is 4.06. The van der Waals surface area contributed by atoms with Gasteiger partial charge >= 0.3 is 12.1 Å². The third-order valence-corrected chi connectivity index (χ3v) is 3.61. The number of hydrogen-bond donors (Lipinski definition) is 0. The molecule has 3 nitrogen and oxygen atoms in total. The van der Waals surface area contributed by atoms with Gasteiger partial charge in [0.2, 0.25) is 0 Å². The minimum Gasteiger partial charge on any atom is -0.423 e.